The van der Waals surface area contributed by atoms with E-state index in [1.807, 2.05) is 13.0 Å². The third-order valence-electron chi connectivity index (χ3n) is 8.40. The number of rotatable bonds is 9. The van der Waals surface area contributed by atoms with E-state index in [-0.39, 0.29) is 10.5 Å². The molecule has 0 aliphatic carbocycles. The molecule has 1 saturated heterocycles. The van der Waals surface area contributed by atoms with Gasteiger partial charge in [-0.05, 0) is 98.2 Å². The Morgan fingerprint density at radius 1 is 1.09 bits per heavy atom. The lowest BCUT2D eigenvalue weighted by molar-refractivity contribution is -0.133. The topological polar surface area (TPSA) is 144 Å². The standard InChI is InChI=1S/C34H38FN5O5S/c1-5-21-8-12-28(35)26(17-21)31(38-23-9-11-25-22(18-23)14-15-37-32(25)36)33(41)40-16-6-7-29(40)27-19-24(39-34(42)45-4)10-13-30(27)46(43,44)20(2)3/h8-15,17-20,29,31,38H,5-7,16H2,1-4H3,(H2,36,37)(H,39,42)/t29-,31+/m1/s1. The van der Waals surface area contributed by atoms with Crippen molar-refractivity contribution in [2.24, 2.45) is 0 Å². The first-order valence-electron chi connectivity index (χ1n) is 15.2. The third kappa shape index (κ3) is 6.48. The Labute approximate surface area is 268 Å². The van der Waals surface area contributed by atoms with Crippen molar-refractivity contribution in [1.82, 2.24) is 9.88 Å². The number of fused-ring (bicyclic) bond motifs is 1. The largest absolute Gasteiger partial charge is 0.453 e. The van der Waals surface area contributed by atoms with Crippen molar-refractivity contribution in [3.8, 4) is 0 Å². The van der Waals surface area contributed by atoms with Crippen LogP contribution in [0.15, 0.2) is 71.8 Å². The Balaban J connectivity index is 1.60. The zero-order valence-corrected chi connectivity index (χ0v) is 27.0. The van der Waals surface area contributed by atoms with E-state index in [4.69, 9.17) is 10.5 Å². The van der Waals surface area contributed by atoms with Crippen LogP contribution in [0.2, 0.25) is 0 Å². The van der Waals surface area contributed by atoms with Gasteiger partial charge >= 0.3 is 6.09 Å². The molecule has 10 nitrogen and oxygen atoms in total. The van der Waals surface area contributed by atoms with Gasteiger partial charge in [0.2, 0.25) is 5.91 Å². The number of nitrogens with one attached hydrogen (secondary N) is 2. The molecular weight excluding hydrogens is 609 g/mol. The summed E-state index contributed by atoms with van der Waals surface area (Å²) in [6.45, 7) is 5.46. The molecule has 12 heteroatoms. The smallest absolute Gasteiger partial charge is 0.411 e. The number of methoxy groups -OCH3 is 1. The molecule has 1 aliphatic heterocycles. The van der Waals surface area contributed by atoms with Gasteiger partial charge < -0.3 is 20.7 Å². The van der Waals surface area contributed by atoms with E-state index in [1.54, 1.807) is 61.3 Å². The summed E-state index contributed by atoms with van der Waals surface area (Å²) in [5, 5.41) is 6.68. The number of ether oxygens (including phenoxy) is 1. The van der Waals surface area contributed by atoms with Gasteiger partial charge in [-0.1, -0.05) is 19.1 Å². The van der Waals surface area contributed by atoms with Gasteiger partial charge in [0, 0.05) is 35.1 Å². The summed E-state index contributed by atoms with van der Waals surface area (Å²) < 4.78 is 47.4. The zero-order chi connectivity index (χ0) is 33.2. The number of nitrogen functional groups attached to an aromatic ring is 1. The highest BCUT2D eigenvalue weighted by atomic mass is 32.2. The second kappa shape index (κ2) is 13.3. The molecule has 2 amide bonds. The average molecular weight is 648 g/mol. The van der Waals surface area contributed by atoms with Crippen molar-refractivity contribution in [2.75, 3.05) is 30.0 Å². The number of hydrogen-bond acceptors (Lipinski definition) is 8. The summed E-state index contributed by atoms with van der Waals surface area (Å²) in [7, 11) is -2.55. The molecule has 1 aromatic heterocycles. The Bertz CT molecular complexity index is 1900. The Morgan fingerprint density at radius 2 is 1.85 bits per heavy atom. The number of amides is 2. The van der Waals surface area contributed by atoms with E-state index in [0.29, 0.717) is 48.6 Å². The minimum atomic E-state index is -3.78. The Hall–Kier alpha value is -4.71. The van der Waals surface area contributed by atoms with Gasteiger partial charge in [0.15, 0.2) is 9.84 Å². The van der Waals surface area contributed by atoms with E-state index in [2.05, 4.69) is 15.6 Å². The molecule has 0 spiro atoms. The van der Waals surface area contributed by atoms with Crippen LogP contribution >= 0.6 is 0 Å². The van der Waals surface area contributed by atoms with Crippen LogP contribution in [0.1, 0.15) is 62.4 Å². The molecule has 46 heavy (non-hydrogen) atoms. The second-order valence-corrected chi connectivity index (χ2v) is 14.0. The Morgan fingerprint density at radius 3 is 2.57 bits per heavy atom. The van der Waals surface area contributed by atoms with E-state index in [9.17, 15) is 18.0 Å². The van der Waals surface area contributed by atoms with Crippen LogP contribution in [0.3, 0.4) is 0 Å². The fourth-order valence-electron chi connectivity index (χ4n) is 5.85. The van der Waals surface area contributed by atoms with Crippen LogP contribution in [0.4, 0.5) is 26.4 Å². The number of carbonyl (C=O) groups excluding carboxylic acids is 2. The molecule has 0 unspecified atom stereocenters. The van der Waals surface area contributed by atoms with E-state index in [0.717, 1.165) is 16.3 Å². The lowest BCUT2D eigenvalue weighted by atomic mass is 9.98. The van der Waals surface area contributed by atoms with E-state index in [1.165, 1.54) is 25.3 Å². The highest BCUT2D eigenvalue weighted by molar-refractivity contribution is 7.92. The molecule has 1 fully saturated rings. The van der Waals surface area contributed by atoms with Crippen molar-refractivity contribution in [1.29, 1.82) is 0 Å². The number of anilines is 3. The minimum absolute atomic E-state index is 0.0759. The predicted octanol–water partition coefficient (Wildman–Crippen LogP) is 6.40. The summed E-state index contributed by atoms with van der Waals surface area (Å²) in [6.07, 6.45) is 2.58. The fraction of sp³-hybridized carbons (Fsp3) is 0.324. The van der Waals surface area contributed by atoms with Gasteiger partial charge in [0.1, 0.15) is 17.7 Å². The summed E-state index contributed by atoms with van der Waals surface area (Å²) in [6, 6.07) is 14.7. The van der Waals surface area contributed by atoms with Gasteiger partial charge in [0.25, 0.3) is 0 Å². The van der Waals surface area contributed by atoms with Crippen molar-refractivity contribution in [2.45, 2.75) is 62.3 Å². The van der Waals surface area contributed by atoms with E-state index >= 15 is 4.39 Å². The van der Waals surface area contributed by atoms with Gasteiger partial charge in [-0.25, -0.2) is 22.6 Å². The second-order valence-electron chi connectivity index (χ2n) is 11.6. The number of sulfone groups is 1. The lowest BCUT2D eigenvalue weighted by Gasteiger charge is -2.32. The van der Waals surface area contributed by atoms with Crippen molar-refractivity contribution in [3.05, 3.63) is 89.4 Å². The molecule has 1 aliphatic rings. The number of carbonyl (C=O) groups is 2. The van der Waals surface area contributed by atoms with E-state index < -0.39 is 45.0 Å². The number of halogens is 1. The highest BCUT2D eigenvalue weighted by Crippen LogP contribution is 2.40. The molecule has 0 radical (unpaired) electrons. The van der Waals surface area contributed by atoms with Crippen LogP contribution < -0.4 is 16.4 Å². The summed E-state index contributed by atoms with van der Waals surface area (Å²) in [5.41, 5.74) is 8.36. The molecule has 5 rings (SSSR count). The normalized spacial score (nSPS) is 15.6. The SMILES string of the molecule is CCc1ccc(F)c([C@H](Nc2ccc3c(N)nccc3c2)C(=O)N2CCC[C@@H]2c2cc(NC(=O)OC)ccc2S(=O)(=O)C(C)C)c1. The first-order chi connectivity index (χ1) is 21.9. The predicted molar refractivity (Wildman–Crippen MR) is 177 cm³/mol. The summed E-state index contributed by atoms with van der Waals surface area (Å²) in [4.78, 5) is 32.5. The molecule has 242 valence electrons. The molecule has 4 N–H and O–H groups in total. The summed E-state index contributed by atoms with van der Waals surface area (Å²) >= 11 is 0. The number of pyridine rings is 1. The molecule has 2 heterocycles. The number of aryl methyl sites for hydroxylation is 1. The lowest BCUT2D eigenvalue weighted by Crippen LogP contribution is -2.38. The van der Waals surface area contributed by atoms with Gasteiger partial charge in [-0.2, -0.15) is 0 Å². The van der Waals surface area contributed by atoms with Crippen molar-refractivity contribution in [3.63, 3.8) is 0 Å². The Kier molecular flexibility index (Phi) is 9.47. The van der Waals surface area contributed by atoms with Crippen LogP contribution in [-0.2, 0) is 25.8 Å². The number of aromatic nitrogens is 1. The maximum atomic E-state index is 15.6. The zero-order valence-electron chi connectivity index (χ0n) is 26.2. The van der Waals surface area contributed by atoms with Crippen LogP contribution in [-0.4, -0.2) is 49.2 Å². The summed E-state index contributed by atoms with van der Waals surface area (Å²) in [5.74, 6) is -0.585. The van der Waals surface area contributed by atoms with Gasteiger partial charge in [-0.15, -0.1) is 0 Å². The fourth-order valence-corrected chi connectivity index (χ4v) is 7.14. The molecule has 2 atom stereocenters. The molecule has 0 saturated carbocycles. The van der Waals surface area contributed by atoms with Crippen molar-refractivity contribution >= 4 is 49.8 Å². The highest BCUT2D eigenvalue weighted by Gasteiger charge is 2.39. The maximum Gasteiger partial charge on any atom is 0.411 e. The van der Waals surface area contributed by atoms with Crippen molar-refractivity contribution < 1.29 is 27.1 Å². The van der Waals surface area contributed by atoms with Crippen LogP contribution in [0.5, 0.6) is 0 Å². The number of likely N-dealkylation sites (tertiary alicyclic amines) is 1. The molecule has 0 bridgehead atoms. The van der Waals surface area contributed by atoms with Gasteiger partial charge in [-0.3, -0.25) is 10.1 Å². The number of nitrogens with zero attached hydrogens (tertiary/aromatic N) is 2. The quantitative estimate of drug-likeness (QED) is 0.190. The van der Waals surface area contributed by atoms with Crippen LogP contribution in [0.25, 0.3) is 10.8 Å². The molecular formula is C34H38FN5O5S. The number of hydrogen-bond donors (Lipinski definition) is 3. The molecule has 4 aromatic rings. The number of benzene rings is 3. The van der Waals surface area contributed by atoms with Gasteiger partial charge in [0.05, 0.1) is 23.3 Å². The maximum absolute atomic E-state index is 15.6. The monoisotopic (exact) mass is 647 g/mol. The number of nitrogens with two attached hydrogens (primary N) is 1. The first kappa shape index (κ1) is 32.7. The van der Waals surface area contributed by atoms with Crippen LogP contribution in [0, 0.1) is 5.82 Å². The minimum Gasteiger partial charge on any atom is -0.453 e. The molecule has 3 aromatic carbocycles. The average Bonchev–Trinajstić information content (AvgIpc) is 3.53. The first-order valence-corrected chi connectivity index (χ1v) is 16.7. The third-order valence-corrected chi connectivity index (χ3v) is 10.6.